The average molecular weight is 219 g/mol. The van der Waals surface area contributed by atoms with E-state index < -0.39 is 0 Å². The van der Waals surface area contributed by atoms with Crippen molar-refractivity contribution in [2.24, 2.45) is 0 Å². The zero-order valence-electron chi connectivity index (χ0n) is 9.53. The Labute approximate surface area is 96.1 Å². The molecule has 0 fully saturated rings. The lowest BCUT2D eigenvalue weighted by molar-refractivity contribution is -0.142. The molecule has 0 saturated heterocycles. The van der Waals surface area contributed by atoms with Crippen LogP contribution in [0.15, 0.2) is 36.9 Å². The fraction of sp³-hybridized carbons (Fsp3) is 0.308. The van der Waals surface area contributed by atoms with Gasteiger partial charge < -0.3 is 10.1 Å². The molecule has 1 aromatic carbocycles. The second kappa shape index (κ2) is 6.67. The summed E-state index contributed by atoms with van der Waals surface area (Å²) in [5.41, 5.74) is 1.98. The minimum atomic E-state index is -0.186. The molecule has 0 atom stereocenters. The molecule has 1 N–H and O–H groups in total. The smallest absolute Gasteiger partial charge is 0.310 e. The van der Waals surface area contributed by atoms with Gasteiger partial charge in [0.2, 0.25) is 0 Å². The Hall–Kier alpha value is -1.77. The van der Waals surface area contributed by atoms with Crippen molar-refractivity contribution in [2.75, 3.05) is 18.5 Å². The summed E-state index contributed by atoms with van der Waals surface area (Å²) in [7, 11) is 0. The summed E-state index contributed by atoms with van der Waals surface area (Å²) in [5, 5.41) is 3.17. The maximum absolute atomic E-state index is 11.2. The lowest BCUT2D eigenvalue weighted by Gasteiger charge is -2.05. The Kier molecular flexibility index (Phi) is 5.12. The maximum atomic E-state index is 11.2. The summed E-state index contributed by atoms with van der Waals surface area (Å²) in [6, 6.07) is 7.72. The van der Waals surface area contributed by atoms with Crippen molar-refractivity contribution in [2.45, 2.75) is 13.3 Å². The van der Waals surface area contributed by atoms with Crippen LogP contribution in [0.4, 0.5) is 5.69 Å². The summed E-state index contributed by atoms with van der Waals surface area (Å²) in [5.74, 6) is -0.186. The first-order valence-electron chi connectivity index (χ1n) is 5.35. The molecule has 0 aliphatic heterocycles. The number of ether oxygens (including phenoxy) is 1. The van der Waals surface area contributed by atoms with Crippen molar-refractivity contribution >= 4 is 11.7 Å². The normalized spacial score (nSPS) is 9.56. The summed E-state index contributed by atoms with van der Waals surface area (Å²) >= 11 is 0. The van der Waals surface area contributed by atoms with Crippen LogP contribution < -0.4 is 5.32 Å². The van der Waals surface area contributed by atoms with E-state index >= 15 is 0 Å². The molecular weight excluding hydrogens is 202 g/mol. The number of carbonyl (C=O) groups is 1. The highest BCUT2D eigenvalue weighted by molar-refractivity contribution is 5.72. The first-order valence-corrected chi connectivity index (χ1v) is 5.35. The Bertz CT molecular complexity index is 343. The fourth-order valence-electron chi connectivity index (χ4n) is 1.31. The number of nitrogens with one attached hydrogen (secondary N) is 1. The van der Waals surface area contributed by atoms with Crippen LogP contribution in [0.1, 0.15) is 12.5 Å². The predicted octanol–water partition coefficient (Wildman–Crippen LogP) is 2.39. The van der Waals surface area contributed by atoms with Crippen LogP contribution in [0.25, 0.3) is 0 Å². The van der Waals surface area contributed by atoms with Gasteiger partial charge in [-0.15, -0.1) is 6.58 Å². The molecule has 0 heterocycles. The molecule has 0 bridgehead atoms. The molecule has 86 valence electrons. The zero-order chi connectivity index (χ0) is 11.8. The SMILES string of the molecule is C=CCNc1ccc(CC(=O)OCC)cc1. The van der Waals surface area contributed by atoms with Gasteiger partial charge in [-0.2, -0.15) is 0 Å². The molecule has 3 heteroatoms. The number of benzene rings is 1. The Morgan fingerprint density at radius 2 is 2.12 bits per heavy atom. The molecule has 0 aromatic heterocycles. The van der Waals surface area contributed by atoms with Gasteiger partial charge in [-0.3, -0.25) is 4.79 Å². The van der Waals surface area contributed by atoms with E-state index in [2.05, 4.69) is 11.9 Å². The van der Waals surface area contributed by atoms with Crippen LogP contribution in [0.3, 0.4) is 0 Å². The van der Waals surface area contributed by atoms with Gasteiger partial charge in [0.1, 0.15) is 0 Å². The molecule has 0 unspecified atom stereocenters. The number of rotatable bonds is 6. The summed E-state index contributed by atoms with van der Waals surface area (Å²) in [4.78, 5) is 11.2. The van der Waals surface area contributed by atoms with Crippen LogP contribution in [0.2, 0.25) is 0 Å². The second-order valence-corrected chi connectivity index (χ2v) is 3.35. The van der Waals surface area contributed by atoms with Gasteiger partial charge >= 0.3 is 5.97 Å². The highest BCUT2D eigenvalue weighted by atomic mass is 16.5. The number of esters is 1. The third kappa shape index (κ3) is 4.17. The first-order chi connectivity index (χ1) is 7.76. The largest absolute Gasteiger partial charge is 0.466 e. The summed E-state index contributed by atoms with van der Waals surface area (Å²) in [6.45, 7) is 6.60. The van der Waals surface area contributed by atoms with Gasteiger partial charge in [-0.1, -0.05) is 18.2 Å². The van der Waals surface area contributed by atoms with E-state index in [0.29, 0.717) is 13.0 Å². The van der Waals surface area contributed by atoms with Crippen molar-refractivity contribution in [1.29, 1.82) is 0 Å². The first kappa shape index (κ1) is 12.3. The van der Waals surface area contributed by atoms with E-state index in [0.717, 1.165) is 17.8 Å². The fourth-order valence-corrected chi connectivity index (χ4v) is 1.31. The van der Waals surface area contributed by atoms with Crippen LogP contribution in [-0.2, 0) is 16.0 Å². The molecule has 1 aromatic rings. The number of hydrogen-bond acceptors (Lipinski definition) is 3. The number of carbonyl (C=O) groups excluding carboxylic acids is 1. The van der Waals surface area contributed by atoms with Crippen molar-refractivity contribution in [3.05, 3.63) is 42.5 Å². The quantitative estimate of drug-likeness (QED) is 0.589. The third-order valence-electron chi connectivity index (χ3n) is 2.06. The van der Waals surface area contributed by atoms with Crippen molar-refractivity contribution < 1.29 is 9.53 Å². The highest BCUT2D eigenvalue weighted by Crippen LogP contribution is 2.10. The topological polar surface area (TPSA) is 38.3 Å². The molecule has 16 heavy (non-hydrogen) atoms. The number of hydrogen-bond donors (Lipinski definition) is 1. The van der Waals surface area contributed by atoms with E-state index in [-0.39, 0.29) is 5.97 Å². The molecular formula is C13H17NO2. The summed E-state index contributed by atoms with van der Waals surface area (Å²) < 4.78 is 4.87. The van der Waals surface area contributed by atoms with E-state index in [4.69, 9.17) is 4.74 Å². The second-order valence-electron chi connectivity index (χ2n) is 3.35. The zero-order valence-corrected chi connectivity index (χ0v) is 9.53. The number of anilines is 1. The third-order valence-corrected chi connectivity index (χ3v) is 2.06. The molecule has 1 rings (SSSR count). The molecule has 3 nitrogen and oxygen atoms in total. The van der Waals surface area contributed by atoms with Gasteiger partial charge in [-0.05, 0) is 24.6 Å². The molecule has 0 amide bonds. The average Bonchev–Trinajstić information content (AvgIpc) is 2.28. The molecule has 0 spiro atoms. The Balaban J connectivity index is 2.50. The maximum Gasteiger partial charge on any atom is 0.310 e. The highest BCUT2D eigenvalue weighted by Gasteiger charge is 2.03. The van der Waals surface area contributed by atoms with Crippen LogP contribution >= 0.6 is 0 Å². The van der Waals surface area contributed by atoms with E-state index in [1.807, 2.05) is 24.3 Å². The van der Waals surface area contributed by atoms with Gasteiger partial charge in [0.05, 0.1) is 13.0 Å². The van der Waals surface area contributed by atoms with Crippen molar-refractivity contribution in [3.8, 4) is 0 Å². The predicted molar refractivity (Wildman–Crippen MR) is 65.5 cm³/mol. The van der Waals surface area contributed by atoms with Gasteiger partial charge in [-0.25, -0.2) is 0 Å². The standard InChI is InChI=1S/C13H17NO2/c1-3-9-14-12-7-5-11(6-8-12)10-13(15)16-4-2/h3,5-8,14H,1,4,9-10H2,2H3. The van der Waals surface area contributed by atoms with E-state index in [1.54, 1.807) is 13.0 Å². The monoisotopic (exact) mass is 219 g/mol. The van der Waals surface area contributed by atoms with E-state index in [9.17, 15) is 4.79 Å². The van der Waals surface area contributed by atoms with Crippen molar-refractivity contribution in [3.63, 3.8) is 0 Å². The van der Waals surface area contributed by atoms with Crippen LogP contribution in [0.5, 0.6) is 0 Å². The Morgan fingerprint density at radius 1 is 1.44 bits per heavy atom. The van der Waals surface area contributed by atoms with Gasteiger partial charge in [0, 0.05) is 12.2 Å². The molecule has 0 saturated carbocycles. The molecule has 0 aliphatic carbocycles. The minimum absolute atomic E-state index is 0.186. The van der Waals surface area contributed by atoms with Crippen LogP contribution in [-0.4, -0.2) is 19.1 Å². The van der Waals surface area contributed by atoms with Crippen LogP contribution in [0, 0.1) is 0 Å². The van der Waals surface area contributed by atoms with E-state index in [1.165, 1.54) is 0 Å². The van der Waals surface area contributed by atoms with Gasteiger partial charge in [0.25, 0.3) is 0 Å². The molecule has 0 aliphatic rings. The minimum Gasteiger partial charge on any atom is -0.466 e. The van der Waals surface area contributed by atoms with Crippen molar-refractivity contribution in [1.82, 2.24) is 0 Å². The Morgan fingerprint density at radius 3 is 2.69 bits per heavy atom. The molecule has 0 radical (unpaired) electrons. The lowest BCUT2D eigenvalue weighted by atomic mass is 10.1. The lowest BCUT2D eigenvalue weighted by Crippen LogP contribution is -2.07. The summed E-state index contributed by atoms with van der Waals surface area (Å²) in [6.07, 6.45) is 2.13. The van der Waals surface area contributed by atoms with Gasteiger partial charge in [0.15, 0.2) is 0 Å².